The highest BCUT2D eigenvalue weighted by atomic mass is 16.7. The summed E-state index contributed by atoms with van der Waals surface area (Å²) in [6.07, 6.45) is -0.422. The molecule has 0 N–H and O–H groups in total. The van der Waals surface area contributed by atoms with Crippen molar-refractivity contribution in [1.82, 2.24) is 4.98 Å². The van der Waals surface area contributed by atoms with Crippen molar-refractivity contribution in [1.29, 1.82) is 5.26 Å². The summed E-state index contributed by atoms with van der Waals surface area (Å²) in [7, 11) is 1.58. The molecule has 3 rings (SSSR count). The molecule has 1 unspecified atom stereocenters. The topological polar surface area (TPSA) is 64.4 Å². The summed E-state index contributed by atoms with van der Waals surface area (Å²) in [5, 5.41) is 9.99. The molecule has 0 amide bonds. The summed E-state index contributed by atoms with van der Waals surface area (Å²) in [6.45, 7) is 3.02. The maximum absolute atomic E-state index is 9.02. The fourth-order valence-corrected chi connectivity index (χ4v) is 2.40. The van der Waals surface area contributed by atoms with Crippen molar-refractivity contribution in [3.63, 3.8) is 0 Å². The Labute approximate surface area is 123 Å². The SMILES string of the molecule is COc1nc2cc(C(C)C#N)ccc2cc1C1OCCO1. The van der Waals surface area contributed by atoms with Crippen LogP contribution in [-0.2, 0) is 9.47 Å². The van der Waals surface area contributed by atoms with Gasteiger partial charge >= 0.3 is 0 Å². The molecule has 1 aliphatic rings. The van der Waals surface area contributed by atoms with Crippen LogP contribution in [0.2, 0.25) is 0 Å². The lowest BCUT2D eigenvalue weighted by atomic mass is 10.0. The first kappa shape index (κ1) is 13.8. The van der Waals surface area contributed by atoms with Crippen LogP contribution >= 0.6 is 0 Å². The molecule has 0 radical (unpaired) electrons. The molecule has 5 nitrogen and oxygen atoms in total. The molecule has 1 aliphatic heterocycles. The van der Waals surface area contributed by atoms with Gasteiger partial charge in [0.25, 0.3) is 0 Å². The fourth-order valence-electron chi connectivity index (χ4n) is 2.40. The van der Waals surface area contributed by atoms with Gasteiger partial charge < -0.3 is 14.2 Å². The van der Waals surface area contributed by atoms with Crippen molar-refractivity contribution >= 4 is 10.9 Å². The molecule has 108 valence electrons. The molecule has 0 aliphatic carbocycles. The first-order chi connectivity index (χ1) is 10.2. The van der Waals surface area contributed by atoms with E-state index in [0.717, 1.165) is 22.0 Å². The van der Waals surface area contributed by atoms with Gasteiger partial charge in [-0.1, -0.05) is 12.1 Å². The minimum atomic E-state index is -0.422. The molecular formula is C16H16N2O3. The highest BCUT2D eigenvalue weighted by Crippen LogP contribution is 2.33. The van der Waals surface area contributed by atoms with Gasteiger partial charge in [0, 0.05) is 5.39 Å². The zero-order chi connectivity index (χ0) is 14.8. The third-order valence-electron chi connectivity index (χ3n) is 3.60. The number of fused-ring (bicyclic) bond motifs is 1. The second kappa shape index (κ2) is 5.68. The van der Waals surface area contributed by atoms with Crippen LogP contribution in [0, 0.1) is 11.3 Å². The summed E-state index contributed by atoms with van der Waals surface area (Å²) in [5.41, 5.74) is 2.54. The maximum Gasteiger partial charge on any atom is 0.222 e. The molecule has 0 spiro atoms. The number of methoxy groups -OCH3 is 1. The van der Waals surface area contributed by atoms with Crippen molar-refractivity contribution in [3.8, 4) is 11.9 Å². The monoisotopic (exact) mass is 284 g/mol. The second-order valence-corrected chi connectivity index (χ2v) is 4.96. The summed E-state index contributed by atoms with van der Waals surface area (Å²) in [4.78, 5) is 4.52. The van der Waals surface area contributed by atoms with Gasteiger partial charge in [0.1, 0.15) is 0 Å². The molecule has 2 aromatic rings. The van der Waals surface area contributed by atoms with E-state index >= 15 is 0 Å². The zero-order valence-electron chi connectivity index (χ0n) is 12.0. The normalized spacial score (nSPS) is 16.8. The van der Waals surface area contributed by atoms with Crippen LogP contribution in [-0.4, -0.2) is 25.3 Å². The third kappa shape index (κ3) is 2.56. The molecule has 1 aromatic heterocycles. The molecule has 1 saturated heterocycles. The minimum Gasteiger partial charge on any atom is -0.481 e. The van der Waals surface area contributed by atoms with Gasteiger partial charge in [0.05, 0.1) is 43.4 Å². The van der Waals surface area contributed by atoms with E-state index in [1.165, 1.54) is 0 Å². The Balaban J connectivity index is 2.09. The Kier molecular flexibility index (Phi) is 3.74. The third-order valence-corrected chi connectivity index (χ3v) is 3.60. The molecule has 1 atom stereocenters. The quantitative estimate of drug-likeness (QED) is 0.867. The molecule has 1 aromatic carbocycles. The molecule has 5 heteroatoms. The fraction of sp³-hybridized carbons (Fsp3) is 0.375. The number of pyridine rings is 1. The van der Waals surface area contributed by atoms with Crippen LogP contribution in [0.4, 0.5) is 0 Å². The Hall–Kier alpha value is -2.16. The Morgan fingerprint density at radius 3 is 2.76 bits per heavy atom. The first-order valence-electron chi connectivity index (χ1n) is 6.84. The Bertz CT molecular complexity index is 702. The number of rotatable bonds is 3. The number of aromatic nitrogens is 1. The second-order valence-electron chi connectivity index (χ2n) is 4.96. The van der Waals surface area contributed by atoms with Gasteiger partial charge in [0.15, 0.2) is 6.29 Å². The van der Waals surface area contributed by atoms with Crippen LogP contribution < -0.4 is 4.74 Å². The van der Waals surface area contributed by atoms with Crippen LogP contribution in [0.5, 0.6) is 5.88 Å². The summed E-state index contributed by atoms with van der Waals surface area (Å²) in [6, 6.07) is 10.0. The highest BCUT2D eigenvalue weighted by molar-refractivity contribution is 5.81. The smallest absolute Gasteiger partial charge is 0.222 e. The Morgan fingerprint density at radius 2 is 2.10 bits per heavy atom. The van der Waals surface area contributed by atoms with Crippen molar-refractivity contribution in [2.45, 2.75) is 19.1 Å². The summed E-state index contributed by atoms with van der Waals surface area (Å²) < 4.78 is 16.4. The highest BCUT2D eigenvalue weighted by Gasteiger charge is 2.23. The lowest BCUT2D eigenvalue weighted by molar-refractivity contribution is -0.0457. The van der Waals surface area contributed by atoms with E-state index in [0.29, 0.717) is 19.1 Å². The standard InChI is InChI=1S/C16H16N2O3/c1-10(9-17)11-3-4-12-7-13(16-20-5-6-21-16)15(19-2)18-14(12)8-11/h3-4,7-8,10,16H,5-6H2,1-2H3. The van der Waals surface area contributed by atoms with E-state index in [2.05, 4.69) is 11.1 Å². The maximum atomic E-state index is 9.02. The lowest BCUT2D eigenvalue weighted by Crippen LogP contribution is -2.03. The average Bonchev–Trinajstić information content (AvgIpc) is 3.06. The van der Waals surface area contributed by atoms with Crippen LogP contribution in [0.15, 0.2) is 24.3 Å². The largest absolute Gasteiger partial charge is 0.481 e. The van der Waals surface area contributed by atoms with Crippen LogP contribution in [0.3, 0.4) is 0 Å². The number of ether oxygens (including phenoxy) is 3. The van der Waals surface area contributed by atoms with Crippen molar-refractivity contribution in [2.75, 3.05) is 20.3 Å². The lowest BCUT2D eigenvalue weighted by Gasteiger charge is -2.14. The van der Waals surface area contributed by atoms with Gasteiger partial charge in [-0.05, 0) is 24.6 Å². The molecule has 21 heavy (non-hydrogen) atoms. The number of nitriles is 1. The van der Waals surface area contributed by atoms with Gasteiger partial charge in [0.2, 0.25) is 5.88 Å². The minimum absolute atomic E-state index is 0.164. The number of hydrogen-bond acceptors (Lipinski definition) is 5. The van der Waals surface area contributed by atoms with E-state index in [-0.39, 0.29) is 5.92 Å². The van der Waals surface area contributed by atoms with E-state index in [9.17, 15) is 0 Å². The number of nitrogens with zero attached hydrogens (tertiary/aromatic N) is 2. The van der Waals surface area contributed by atoms with Gasteiger partial charge in [-0.3, -0.25) is 0 Å². The Morgan fingerprint density at radius 1 is 1.33 bits per heavy atom. The predicted octanol–water partition coefficient (Wildman–Crippen LogP) is 2.92. The zero-order valence-corrected chi connectivity index (χ0v) is 12.0. The summed E-state index contributed by atoms with van der Waals surface area (Å²) in [5.74, 6) is 0.333. The number of hydrogen-bond donors (Lipinski definition) is 0. The van der Waals surface area contributed by atoms with Crippen molar-refractivity contribution in [3.05, 3.63) is 35.4 Å². The van der Waals surface area contributed by atoms with E-state index < -0.39 is 6.29 Å². The molecule has 0 saturated carbocycles. The van der Waals surface area contributed by atoms with Gasteiger partial charge in [-0.15, -0.1) is 0 Å². The molecule has 2 heterocycles. The molecular weight excluding hydrogens is 268 g/mol. The molecule has 1 fully saturated rings. The van der Waals surface area contributed by atoms with Gasteiger partial charge in [-0.25, -0.2) is 4.98 Å². The van der Waals surface area contributed by atoms with E-state index in [1.807, 2.05) is 31.2 Å². The van der Waals surface area contributed by atoms with Crippen molar-refractivity contribution in [2.24, 2.45) is 0 Å². The predicted molar refractivity (Wildman–Crippen MR) is 77.0 cm³/mol. The van der Waals surface area contributed by atoms with E-state index in [1.54, 1.807) is 7.11 Å². The average molecular weight is 284 g/mol. The van der Waals surface area contributed by atoms with Crippen LogP contribution in [0.1, 0.15) is 30.3 Å². The number of benzene rings is 1. The van der Waals surface area contributed by atoms with Crippen molar-refractivity contribution < 1.29 is 14.2 Å². The first-order valence-corrected chi connectivity index (χ1v) is 6.84. The van der Waals surface area contributed by atoms with E-state index in [4.69, 9.17) is 19.5 Å². The van der Waals surface area contributed by atoms with Crippen LogP contribution in [0.25, 0.3) is 10.9 Å². The van der Waals surface area contributed by atoms with Gasteiger partial charge in [-0.2, -0.15) is 5.26 Å². The summed E-state index contributed by atoms with van der Waals surface area (Å²) >= 11 is 0. The molecule has 0 bridgehead atoms.